The summed E-state index contributed by atoms with van der Waals surface area (Å²) in [6.45, 7) is 2.01. The van der Waals surface area contributed by atoms with Gasteiger partial charge < -0.3 is 10.1 Å². The number of fused-ring (bicyclic) bond motifs is 1. The van der Waals surface area contributed by atoms with E-state index in [2.05, 4.69) is 11.4 Å². The number of halogens is 2. The van der Waals surface area contributed by atoms with Crippen molar-refractivity contribution < 1.29 is 4.74 Å². The highest BCUT2D eigenvalue weighted by Gasteiger charge is 2.41. The first-order valence-electron chi connectivity index (χ1n) is 4.96. The summed E-state index contributed by atoms with van der Waals surface area (Å²) >= 11 is 5.92. The van der Waals surface area contributed by atoms with Crippen molar-refractivity contribution in [3.63, 3.8) is 0 Å². The Hall–Kier alpha value is -0.440. The Bertz CT molecular complexity index is 375. The number of hydrogen-bond acceptors (Lipinski definition) is 2. The first-order valence-corrected chi connectivity index (χ1v) is 5.33. The van der Waals surface area contributed by atoms with Crippen LogP contribution in [0.15, 0.2) is 18.2 Å². The summed E-state index contributed by atoms with van der Waals surface area (Å²) in [7, 11) is 0. The first kappa shape index (κ1) is 11.1. The normalized spacial score (nSPS) is 27.3. The fraction of sp³-hybridized carbons (Fsp3) is 0.455. The van der Waals surface area contributed by atoms with Gasteiger partial charge in [-0.3, -0.25) is 0 Å². The topological polar surface area (TPSA) is 21.3 Å². The molecule has 2 heterocycles. The highest BCUT2D eigenvalue weighted by Crippen LogP contribution is 2.39. The predicted molar refractivity (Wildman–Crippen MR) is 63.2 cm³/mol. The highest BCUT2D eigenvalue weighted by atomic mass is 35.5. The minimum absolute atomic E-state index is 0. The van der Waals surface area contributed by atoms with E-state index in [-0.39, 0.29) is 18.0 Å². The molecule has 1 spiro atoms. The van der Waals surface area contributed by atoms with Gasteiger partial charge in [-0.05, 0) is 24.2 Å². The summed E-state index contributed by atoms with van der Waals surface area (Å²) in [5.74, 6) is 0.973. The van der Waals surface area contributed by atoms with Crippen molar-refractivity contribution in [2.24, 2.45) is 0 Å². The average molecular weight is 246 g/mol. The Morgan fingerprint density at radius 2 is 2.27 bits per heavy atom. The smallest absolute Gasteiger partial charge is 0.127 e. The van der Waals surface area contributed by atoms with E-state index in [1.807, 2.05) is 12.1 Å². The molecule has 2 aliphatic rings. The summed E-state index contributed by atoms with van der Waals surface area (Å²) in [5.41, 5.74) is 1.31. The largest absolute Gasteiger partial charge is 0.485 e. The Kier molecular flexibility index (Phi) is 2.84. The maximum atomic E-state index is 5.99. The van der Waals surface area contributed by atoms with Crippen LogP contribution in [-0.4, -0.2) is 18.7 Å². The summed E-state index contributed by atoms with van der Waals surface area (Å²) in [4.78, 5) is 0. The molecule has 0 bridgehead atoms. The van der Waals surface area contributed by atoms with Crippen molar-refractivity contribution in [2.75, 3.05) is 13.1 Å². The molecular weight excluding hydrogens is 233 g/mol. The van der Waals surface area contributed by atoms with Gasteiger partial charge in [-0.2, -0.15) is 0 Å². The third-order valence-electron chi connectivity index (χ3n) is 3.07. The zero-order valence-electron chi connectivity index (χ0n) is 8.25. The molecule has 0 aromatic heterocycles. The Balaban J connectivity index is 0.000000853. The van der Waals surface area contributed by atoms with Crippen molar-refractivity contribution in [2.45, 2.75) is 18.4 Å². The van der Waals surface area contributed by atoms with Crippen molar-refractivity contribution in [1.82, 2.24) is 5.32 Å². The van der Waals surface area contributed by atoms with E-state index < -0.39 is 0 Å². The molecule has 15 heavy (non-hydrogen) atoms. The lowest BCUT2D eigenvalue weighted by Gasteiger charge is -2.21. The van der Waals surface area contributed by atoms with Crippen LogP contribution in [0.3, 0.4) is 0 Å². The van der Waals surface area contributed by atoms with E-state index in [1.165, 1.54) is 5.56 Å². The lowest BCUT2D eigenvalue weighted by molar-refractivity contribution is 0.118. The minimum Gasteiger partial charge on any atom is -0.485 e. The van der Waals surface area contributed by atoms with Gasteiger partial charge in [0.15, 0.2) is 0 Å². The lowest BCUT2D eigenvalue weighted by atomic mass is 9.96. The second-order valence-corrected chi connectivity index (χ2v) is 4.58. The molecule has 1 N–H and O–H groups in total. The van der Waals surface area contributed by atoms with Crippen LogP contribution in [0.1, 0.15) is 12.0 Å². The zero-order chi connectivity index (χ0) is 9.60. The van der Waals surface area contributed by atoms with E-state index >= 15 is 0 Å². The molecule has 1 aromatic carbocycles. The second kappa shape index (κ2) is 3.85. The molecule has 82 valence electrons. The average Bonchev–Trinajstić information content (AvgIpc) is 2.72. The summed E-state index contributed by atoms with van der Waals surface area (Å²) < 4.78 is 5.99. The molecule has 2 nitrogen and oxygen atoms in total. The van der Waals surface area contributed by atoms with E-state index in [1.54, 1.807) is 0 Å². The van der Waals surface area contributed by atoms with Gasteiger partial charge in [0.2, 0.25) is 0 Å². The van der Waals surface area contributed by atoms with Crippen molar-refractivity contribution in [3.05, 3.63) is 28.8 Å². The van der Waals surface area contributed by atoms with Crippen molar-refractivity contribution >= 4 is 24.0 Å². The zero-order valence-corrected chi connectivity index (χ0v) is 9.83. The Morgan fingerprint density at radius 1 is 1.40 bits per heavy atom. The molecule has 1 aromatic rings. The quantitative estimate of drug-likeness (QED) is 0.759. The SMILES string of the molecule is Cl.Clc1ccc2c(c1)OC1(CCNC1)C2. The van der Waals surface area contributed by atoms with Gasteiger partial charge >= 0.3 is 0 Å². The standard InChI is InChI=1S/C11H12ClNO.ClH/c12-9-2-1-8-6-11(3-4-13-7-11)14-10(8)5-9;/h1-2,5,13H,3-4,6-7H2;1H. The van der Waals surface area contributed by atoms with E-state index in [4.69, 9.17) is 16.3 Å². The van der Waals surface area contributed by atoms with Crippen LogP contribution in [0, 0.1) is 0 Å². The fourth-order valence-electron chi connectivity index (χ4n) is 2.34. The maximum absolute atomic E-state index is 5.99. The van der Waals surface area contributed by atoms with E-state index in [0.717, 1.165) is 36.7 Å². The molecular formula is C11H13Cl2NO. The molecule has 1 unspecified atom stereocenters. The summed E-state index contributed by atoms with van der Waals surface area (Å²) in [6.07, 6.45) is 2.12. The van der Waals surface area contributed by atoms with Crippen molar-refractivity contribution in [1.29, 1.82) is 0 Å². The molecule has 0 aliphatic carbocycles. The number of hydrogen-bond donors (Lipinski definition) is 1. The van der Waals surface area contributed by atoms with Crippen LogP contribution in [0.4, 0.5) is 0 Å². The molecule has 1 saturated heterocycles. The van der Waals surface area contributed by atoms with Crippen LogP contribution < -0.4 is 10.1 Å². The minimum atomic E-state index is 0. The van der Waals surface area contributed by atoms with Gasteiger partial charge in [-0.25, -0.2) is 0 Å². The number of rotatable bonds is 0. The number of nitrogens with one attached hydrogen (secondary N) is 1. The molecule has 1 atom stereocenters. The molecule has 0 radical (unpaired) electrons. The molecule has 1 fully saturated rings. The number of ether oxygens (including phenoxy) is 1. The summed E-state index contributed by atoms with van der Waals surface area (Å²) in [5, 5.41) is 4.10. The van der Waals surface area contributed by atoms with Gasteiger partial charge in [-0.15, -0.1) is 12.4 Å². The Morgan fingerprint density at radius 3 is 3.00 bits per heavy atom. The highest BCUT2D eigenvalue weighted by molar-refractivity contribution is 6.30. The molecule has 0 amide bonds. The van der Waals surface area contributed by atoms with Gasteiger partial charge in [0, 0.05) is 24.4 Å². The third kappa shape index (κ3) is 1.82. The predicted octanol–water partition coefficient (Wildman–Crippen LogP) is 2.43. The molecule has 2 aliphatic heterocycles. The van der Waals surface area contributed by atoms with Crippen LogP contribution in [0.5, 0.6) is 5.75 Å². The third-order valence-corrected chi connectivity index (χ3v) is 3.31. The van der Waals surface area contributed by atoms with Gasteiger partial charge in [0.1, 0.15) is 11.4 Å². The lowest BCUT2D eigenvalue weighted by Crippen LogP contribution is -2.36. The van der Waals surface area contributed by atoms with Crippen LogP contribution in [-0.2, 0) is 6.42 Å². The monoisotopic (exact) mass is 245 g/mol. The van der Waals surface area contributed by atoms with Crippen LogP contribution in [0.25, 0.3) is 0 Å². The first-order chi connectivity index (χ1) is 6.77. The second-order valence-electron chi connectivity index (χ2n) is 4.14. The Labute approximate surface area is 100 Å². The summed E-state index contributed by atoms with van der Waals surface area (Å²) in [6, 6.07) is 5.93. The fourth-order valence-corrected chi connectivity index (χ4v) is 2.51. The van der Waals surface area contributed by atoms with Gasteiger partial charge in [-0.1, -0.05) is 17.7 Å². The van der Waals surface area contributed by atoms with Crippen molar-refractivity contribution in [3.8, 4) is 5.75 Å². The molecule has 4 heteroatoms. The van der Waals surface area contributed by atoms with Crippen LogP contribution >= 0.6 is 24.0 Å². The molecule has 3 rings (SSSR count). The molecule has 0 saturated carbocycles. The number of benzene rings is 1. The van der Waals surface area contributed by atoms with Gasteiger partial charge in [0.25, 0.3) is 0 Å². The van der Waals surface area contributed by atoms with Crippen LogP contribution in [0.2, 0.25) is 5.02 Å². The van der Waals surface area contributed by atoms with E-state index in [9.17, 15) is 0 Å². The van der Waals surface area contributed by atoms with Gasteiger partial charge in [0.05, 0.1) is 0 Å². The van der Waals surface area contributed by atoms with E-state index in [0.29, 0.717) is 0 Å². The maximum Gasteiger partial charge on any atom is 0.127 e.